The lowest BCUT2D eigenvalue weighted by atomic mass is 9.77. The van der Waals surface area contributed by atoms with Crippen molar-refractivity contribution in [2.45, 2.75) is 31.7 Å². The van der Waals surface area contributed by atoms with E-state index in [0.29, 0.717) is 19.6 Å². The summed E-state index contributed by atoms with van der Waals surface area (Å²) in [6.07, 6.45) is 2.62. The first-order chi connectivity index (χ1) is 10.7. The quantitative estimate of drug-likeness (QED) is 0.846. The van der Waals surface area contributed by atoms with Crippen molar-refractivity contribution in [1.29, 1.82) is 0 Å². The molecule has 0 fully saturated rings. The Labute approximate surface area is 128 Å². The third kappa shape index (κ3) is 2.68. The average Bonchev–Trinajstić information content (AvgIpc) is 2.88. The van der Waals surface area contributed by atoms with E-state index < -0.39 is 6.09 Å². The van der Waals surface area contributed by atoms with Crippen LogP contribution in [0.2, 0.25) is 0 Å². The van der Waals surface area contributed by atoms with Crippen molar-refractivity contribution in [3.63, 3.8) is 0 Å². The maximum absolute atomic E-state index is 11.4. The number of amidine groups is 1. The molecule has 1 aliphatic carbocycles. The minimum atomic E-state index is -0.558. The molecule has 1 amide bonds. The lowest BCUT2D eigenvalue weighted by Gasteiger charge is -2.30. The van der Waals surface area contributed by atoms with Gasteiger partial charge in [-0.3, -0.25) is 4.79 Å². The van der Waals surface area contributed by atoms with Gasteiger partial charge in [-0.1, -0.05) is 18.2 Å². The molecular formula is C16H18N2O4. The fourth-order valence-corrected chi connectivity index (χ4v) is 3.06. The molecule has 1 heterocycles. The fraction of sp³-hybridized carbons (Fsp3) is 0.438. The number of hydrogen-bond donors (Lipinski definition) is 1. The van der Waals surface area contributed by atoms with E-state index in [9.17, 15) is 9.59 Å². The van der Waals surface area contributed by atoms with Gasteiger partial charge in [0.15, 0.2) is 0 Å². The van der Waals surface area contributed by atoms with Crippen LogP contribution in [0.25, 0.3) is 0 Å². The Morgan fingerprint density at radius 3 is 3.18 bits per heavy atom. The van der Waals surface area contributed by atoms with Crippen molar-refractivity contribution in [2.24, 2.45) is 4.99 Å². The number of benzene rings is 1. The molecule has 116 valence electrons. The normalized spacial score (nSPS) is 22.5. The summed E-state index contributed by atoms with van der Waals surface area (Å²) in [6, 6.07) is 5.97. The second kappa shape index (κ2) is 5.79. The van der Waals surface area contributed by atoms with Crippen molar-refractivity contribution < 1.29 is 19.1 Å². The van der Waals surface area contributed by atoms with Crippen molar-refractivity contribution in [2.75, 3.05) is 13.2 Å². The summed E-state index contributed by atoms with van der Waals surface area (Å²) in [5, 5.41) is 2.51. The second-order valence-corrected chi connectivity index (χ2v) is 5.55. The highest BCUT2D eigenvalue weighted by Crippen LogP contribution is 2.35. The molecule has 6 nitrogen and oxygen atoms in total. The van der Waals surface area contributed by atoms with Gasteiger partial charge in [0.2, 0.25) is 0 Å². The van der Waals surface area contributed by atoms with Crippen molar-refractivity contribution in [3.05, 3.63) is 34.9 Å². The molecule has 0 aromatic heterocycles. The SMILES string of the molecule is CCOC(=O)NC1=NC2(CCc3c(C=O)cccc3C2)CO1. The zero-order valence-corrected chi connectivity index (χ0v) is 12.4. The zero-order valence-electron chi connectivity index (χ0n) is 12.4. The second-order valence-electron chi connectivity index (χ2n) is 5.55. The van der Waals surface area contributed by atoms with E-state index in [1.807, 2.05) is 18.2 Å². The van der Waals surface area contributed by atoms with E-state index in [2.05, 4.69) is 10.3 Å². The summed E-state index contributed by atoms with van der Waals surface area (Å²) in [5.74, 6) is 0. The van der Waals surface area contributed by atoms with E-state index in [4.69, 9.17) is 9.47 Å². The highest BCUT2D eigenvalue weighted by molar-refractivity contribution is 5.91. The summed E-state index contributed by atoms with van der Waals surface area (Å²) < 4.78 is 10.3. The minimum absolute atomic E-state index is 0.216. The predicted molar refractivity (Wildman–Crippen MR) is 80.1 cm³/mol. The molecule has 1 atom stereocenters. The molecule has 2 aliphatic rings. The number of hydrogen-bond acceptors (Lipinski definition) is 5. The maximum Gasteiger partial charge on any atom is 0.415 e. The molecule has 0 saturated carbocycles. The molecule has 6 heteroatoms. The zero-order chi connectivity index (χ0) is 15.6. The van der Waals surface area contributed by atoms with Crippen LogP contribution in [0, 0.1) is 0 Å². The number of carbonyl (C=O) groups excluding carboxylic acids is 2. The van der Waals surface area contributed by atoms with E-state index in [0.717, 1.165) is 35.8 Å². The van der Waals surface area contributed by atoms with Gasteiger partial charge in [0, 0.05) is 12.0 Å². The first kappa shape index (κ1) is 14.6. The summed E-state index contributed by atoms with van der Waals surface area (Å²) in [5.41, 5.74) is 2.62. The van der Waals surface area contributed by atoms with Crippen LogP contribution >= 0.6 is 0 Å². The highest BCUT2D eigenvalue weighted by atomic mass is 16.6. The maximum atomic E-state index is 11.4. The largest absolute Gasteiger partial charge is 0.462 e. The summed E-state index contributed by atoms with van der Waals surface area (Å²) in [6.45, 7) is 2.46. The summed E-state index contributed by atoms with van der Waals surface area (Å²) in [7, 11) is 0. The van der Waals surface area contributed by atoms with Crippen LogP contribution in [0.5, 0.6) is 0 Å². The Kier molecular flexibility index (Phi) is 3.83. The van der Waals surface area contributed by atoms with Crippen LogP contribution in [0.4, 0.5) is 4.79 Å². The Morgan fingerprint density at radius 1 is 1.55 bits per heavy atom. The number of fused-ring (bicyclic) bond motifs is 1. The van der Waals surface area contributed by atoms with Crippen LogP contribution in [0.3, 0.4) is 0 Å². The van der Waals surface area contributed by atoms with Crippen LogP contribution in [-0.2, 0) is 22.3 Å². The molecule has 1 N–H and O–H groups in total. The van der Waals surface area contributed by atoms with Gasteiger partial charge in [-0.05, 0) is 30.9 Å². The number of aldehydes is 1. The van der Waals surface area contributed by atoms with Gasteiger partial charge >= 0.3 is 6.09 Å². The highest BCUT2D eigenvalue weighted by Gasteiger charge is 2.40. The summed E-state index contributed by atoms with van der Waals surface area (Å²) in [4.78, 5) is 27.1. The van der Waals surface area contributed by atoms with Gasteiger partial charge in [-0.15, -0.1) is 0 Å². The Hall–Kier alpha value is -2.37. The van der Waals surface area contributed by atoms with Crippen LogP contribution in [0.1, 0.15) is 34.8 Å². The van der Waals surface area contributed by atoms with Crippen molar-refractivity contribution in [1.82, 2.24) is 5.32 Å². The topological polar surface area (TPSA) is 77.0 Å². The van der Waals surface area contributed by atoms with E-state index in [1.54, 1.807) is 6.92 Å². The molecule has 0 radical (unpaired) electrons. The fourth-order valence-electron chi connectivity index (χ4n) is 3.06. The summed E-state index contributed by atoms with van der Waals surface area (Å²) >= 11 is 0. The molecule has 0 bridgehead atoms. The van der Waals surface area contributed by atoms with Crippen LogP contribution in [0.15, 0.2) is 23.2 Å². The number of aliphatic imine (C=N–C) groups is 1. The molecule has 1 aromatic rings. The number of ether oxygens (including phenoxy) is 2. The number of amides is 1. The molecule has 0 saturated heterocycles. The molecule has 1 aromatic carbocycles. The molecule has 22 heavy (non-hydrogen) atoms. The van der Waals surface area contributed by atoms with Gasteiger partial charge < -0.3 is 9.47 Å². The lowest BCUT2D eigenvalue weighted by molar-refractivity contribution is 0.112. The standard InChI is InChI=1S/C16H18N2O4/c1-2-21-15(20)17-14-18-16(10-22-14)7-6-13-11(8-16)4-3-5-12(13)9-19/h3-5,9H,2,6-8,10H2,1H3,(H,17,18,20). The molecule has 3 rings (SSSR count). The van der Waals surface area contributed by atoms with Crippen molar-refractivity contribution in [3.8, 4) is 0 Å². The minimum Gasteiger partial charge on any atom is -0.462 e. The number of carbonyl (C=O) groups is 2. The van der Waals surface area contributed by atoms with E-state index >= 15 is 0 Å². The van der Waals surface area contributed by atoms with E-state index in [-0.39, 0.29) is 11.6 Å². The first-order valence-corrected chi connectivity index (χ1v) is 7.38. The third-order valence-electron chi connectivity index (χ3n) is 4.10. The van der Waals surface area contributed by atoms with Gasteiger partial charge in [-0.2, -0.15) is 0 Å². The Bertz CT molecular complexity index is 641. The van der Waals surface area contributed by atoms with Gasteiger partial charge in [0.05, 0.1) is 6.61 Å². The third-order valence-corrected chi connectivity index (χ3v) is 4.10. The van der Waals surface area contributed by atoms with Gasteiger partial charge in [0.25, 0.3) is 6.02 Å². The number of rotatable bonds is 2. The van der Waals surface area contributed by atoms with Crippen LogP contribution < -0.4 is 5.32 Å². The van der Waals surface area contributed by atoms with Crippen LogP contribution in [-0.4, -0.2) is 37.2 Å². The molecule has 1 unspecified atom stereocenters. The number of nitrogens with one attached hydrogen (secondary N) is 1. The smallest absolute Gasteiger partial charge is 0.415 e. The van der Waals surface area contributed by atoms with Crippen molar-refractivity contribution >= 4 is 18.4 Å². The monoisotopic (exact) mass is 302 g/mol. The number of nitrogens with zero attached hydrogens (tertiary/aromatic N) is 1. The van der Waals surface area contributed by atoms with E-state index in [1.165, 1.54) is 0 Å². The van der Waals surface area contributed by atoms with Gasteiger partial charge in [0.1, 0.15) is 18.4 Å². The molecule has 1 aliphatic heterocycles. The average molecular weight is 302 g/mol. The molecule has 1 spiro atoms. The Morgan fingerprint density at radius 2 is 2.41 bits per heavy atom. The number of alkyl carbamates (subject to hydrolysis) is 1. The Balaban J connectivity index is 1.78. The lowest BCUT2D eigenvalue weighted by Crippen LogP contribution is -2.36. The predicted octanol–water partition coefficient (Wildman–Crippen LogP) is 1.86. The first-order valence-electron chi connectivity index (χ1n) is 7.38. The molecular weight excluding hydrogens is 284 g/mol. The van der Waals surface area contributed by atoms with Gasteiger partial charge in [-0.25, -0.2) is 15.1 Å².